The van der Waals surface area contributed by atoms with E-state index in [1.807, 2.05) is 36.6 Å². The molecule has 4 nitrogen and oxygen atoms in total. The molecule has 0 radical (unpaired) electrons. The van der Waals surface area contributed by atoms with Crippen molar-refractivity contribution in [3.63, 3.8) is 0 Å². The number of hydrazone groups is 1. The quantitative estimate of drug-likeness (QED) is 0.647. The third-order valence-electron chi connectivity index (χ3n) is 2.46. The molecule has 0 fully saturated rings. The summed E-state index contributed by atoms with van der Waals surface area (Å²) in [7, 11) is 0. The number of anilines is 1. The van der Waals surface area contributed by atoms with Crippen molar-refractivity contribution in [2.75, 3.05) is 12.0 Å². The summed E-state index contributed by atoms with van der Waals surface area (Å²) in [4.78, 5) is 4.27. The number of nitrogens with one attached hydrogen (secondary N) is 1. The van der Waals surface area contributed by atoms with E-state index >= 15 is 0 Å². The van der Waals surface area contributed by atoms with Gasteiger partial charge in [-0.05, 0) is 42.7 Å². The van der Waals surface area contributed by atoms with Crippen LogP contribution in [0.1, 0.15) is 25.1 Å². The summed E-state index contributed by atoms with van der Waals surface area (Å²) in [6, 6.07) is 7.87. The zero-order valence-electron chi connectivity index (χ0n) is 12.0. The van der Waals surface area contributed by atoms with Crippen LogP contribution in [0.25, 0.3) is 0 Å². The predicted octanol–water partition coefficient (Wildman–Crippen LogP) is 3.93. The number of thiazole rings is 1. The molecule has 0 atom stereocenters. The Morgan fingerprint density at radius 3 is 2.70 bits per heavy atom. The molecule has 0 bridgehead atoms. The van der Waals surface area contributed by atoms with Gasteiger partial charge in [-0.3, -0.25) is 5.43 Å². The van der Waals surface area contributed by atoms with Crippen molar-refractivity contribution in [1.29, 1.82) is 0 Å². The zero-order chi connectivity index (χ0) is 14.4. The molecule has 2 rings (SSSR count). The fraction of sp³-hybridized carbons (Fsp3) is 0.333. The first-order valence-corrected chi connectivity index (χ1v) is 7.45. The van der Waals surface area contributed by atoms with Crippen molar-refractivity contribution >= 4 is 22.7 Å². The molecule has 1 aromatic carbocycles. The lowest BCUT2D eigenvalue weighted by molar-refractivity contribution is 0.271. The second-order valence-corrected chi connectivity index (χ2v) is 5.80. The average molecular weight is 289 g/mol. The molecular formula is C15H19N3OS. The van der Waals surface area contributed by atoms with Crippen LogP contribution in [0.3, 0.4) is 0 Å². The second kappa shape index (κ2) is 7.05. The smallest absolute Gasteiger partial charge is 0.203 e. The van der Waals surface area contributed by atoms with Crippen molar-refractivity contribution < 1.29 is 4.74 Å². The van der Waals surface area contributed by atoms with Gasteiger partial charge in [-0.1, -0.05) is 13.8 Å². The van der Waals surface area contributed by atoms with Crippen molar-refractivity contribution in [2.24, 2.45) is 11.0 Å². The number of benzene rings is 1. The molecule has 0 aliphatic rings. The highest BCUT2D eigenvalue weighted by molar-refractivity contribution is 7.13. The minimum Gasteiger partial charge on any atom is -0.493 e. The number of aryl methyl sites for hydroxylation is 1. The number of aromatic nitrogens is 1. The van der Waals surface area contributed by atoms with Gasteiger partial charge in [0, 0.05) is 5.38 Å². The Morgan fingerprint density at radius 1 is 1.35 bits per heavy atom. The van der Waals surface area contributed by atoms with E-state index < -0.39 is 0 Å². The van der Waals surface area contributed by atoms with Gasteiger partial charge in [0.15, 0.2) is 0 Å². The Morgan fingerprint density at radius 2 is 2.10 bits per heavy atom. The minimum absolute atomic E-state index is 0.530. The van der Waals surface area contributed by atoms with Crippen molar-refractivity contribution in [3.8, 4) is 5.75 Å². The van der Waals surface area contributed by atoms with Gasteiger partial charge in [-0.25, -0.2) is 4.98 Å². The Labute approximate surface area is 123 Å². The summed E-state index contributed by atoms with van der Waals surface area (Å²) < 4.78 is 5.63. The highest BCUT2D eigenvalue weighted by Crippen LogP contribution is 2.15. The van der Waals surface area contributed by atoms with Crippen LogP contribution >= 0.6 is 11.3 Å². The molecule has 0 spiro atoms. The van der Waals surface area contributed by atoms with Gasteiger partial charge in [0.25, 0.3) is 0 Å². The minimum atomic E-state index is 0.530. The van der Waals surface area contributed by atoms with Crippen molar-refractivity contribution in [3.05, 3.63) is 40.9 Å². The first-order chi connectivity index (χ1) is 9.63. The lowest BCUT2D eigenvalue weighted by Gasteiger charge is -2.08. The van der Waals surface area contributed by atoms with E-state index in [0.29, 0.717) is 5.92 Å². The number of ether oxygens (including phenoxy) is 1. The molecular weight excluding hydrogens is 270 g/mol. The zero-order valence-corrected chi connectivity index (χ0v) is 12.8. The van der Waals surface area contributed by atoms with Crippen LogP contribution in [0.2, 0.25) is 0 Å². The first-order valence-electron chi connectivity index (χ1n) is 6.57. The Balaban J connectivity index is 1.86. The maximum Gasteiger partial charge on any atom is 0.203 e. The lowest BCUT2D eigenvalue weighted by Crippen LogP contribution is -2.04. The Hall–Kier alpha value is -1.88. The normalized spacial score (nSPS) is 11.2. The summed E-state index contributed by atoms with van der Waals surface area (Å²) in [5.74, 6) is 1.42. The summed E-state index contributed by atoms with van der Waals surface area (Å²) in [5.41, 5.74) is 4.93. The molecule has 106 valence electrons. The van der Waals surface area contributed by atoms with Gasteiger partial charge in [0.1, 0.15) is 5.75 Å². The molecule has 0 unspecified atom stereocenters. The molecule has 2 aromatic rings. The van der Waals surface area contributed by atoms with Crippen LogP contribution in [0.5, 0.6) is 5.75 Å². The van der Waals surface area contributed by atoms with E-state index in [0.717, 1.165) is 28.7 Å². The van der Waals surface area contributed by atoms with E-state index in [1.165, 1.54) is 0 Å². The molecule has 0 amide bonds. The summed E-state index contributed by atoms with van der Waals surface area (Å²) in [6.45, 7) is 6.96. The van der Waals surface area contributed by atoms with Crippen LogP contribution < -0.4 is 10.2 Å². The summed E-state index contributed by atoms with van der Waals surface area (Å²) in [6.07, 6.45) is 1.77. The third kappa shape index (κ3) is 4.66. The predicted molar refractivity (Wildman–Crippen MR) is 84.8 cm³/mol. The van der Waals surface area contributed by atoms with Gasteiger partial charge < -0.3 is 4.74 Å². The van der Waals surface area contributed by atoms with Crippen LogP contribution in [0.15, 0.2) is 34.7 Å². The van der Waals surface area contributed by atoms with Gasteiger partial charge >= 0.3 is 0 Å². The molecule has 1 N–H and O–H groups in total. The van der Waals surface area contributed by atoms with E-state index in [9.17, 15) is 0 Å². The fourth-order valence-corrected chi connectivity index (χ4v) is 2.12. The average Bonchev–Trinajstić information content (AvgIpc) is 2.83. The van der Waals surface area contributed by atoms with Crippen LogP contribution in [0, 0.1) is 12.8 Å². The van der Waals surface area contributed by atoms with E-state index in [2.05, 4.69) is 29.4 Å². The van der Waals surface area contributed by atoms with E-state index in [4.69, 9.17) is 4.74 Å². The topological polar surface area (TPSA) is 46.5 Å². The summed E-state index contributed by atoms with van der Waals surface area (Å²) >= 11 is 1.54. The van der Waals surface area contributed by atoms with E-state index in [1.54, 1.807) is 17.6 Å². The Bertz CT molecular complexity index is 561. The largest absolute Gasteiger partial charge is 0.493 e. The first kappa shape index (κ1) is 14.5. The molecule has 1 heterocycles. The highest BCUT2D eigenvalue weighted by atomic mass is 32.1. The molecule has 5 heteroatoms. The highest BCUT2D eigenvalue weighted by Gasteiger charge is 1.97. The SMILES string of the molecule is Cc1csc(N/N=C\c2ccc(OCC(C)C)cc2)n1. The van der Waals surface area contributed by atoms with Gasteiger partial charge in [0.2, 0.25) is 5.13 Å². The third-order valence-corrected chi connectivity index (χ3v) is 3.32. The van der Waals surface area contributed by atoms with Crippen LogP contribution in [-0.4, -0.2) is 17.8 Å². The van der Waals surface area contributed by atoms with Crippen molar-refractivity contribution in [2.45, 2.75) is 20.8 Å². The monoisotopic (exact) mass is 289 g/mol. The van der Waals surface area contributed by atoms with E-state index in [-0.39, 0.29) is 0 Å². The maximum atomic E-state index is 5.63. The van der Waals surface area contributed by atoms with Crippen LogP contribution in [0.4, 0.5) is 5.13 Å². The van der Waals surface area contributed by atoms with Gasteiger partial charge in [-0.15, -0.1) is 11.3 Å². The molecule has 1 aromatic heterocycles. The standard InChI is InChI=1S/C15H19N3OS/c1-11(2)9-19-14-6-4-13(5-7-14)8-16-18-15-17-12(3)10-20-15/h4-8,10-11H,9H2,1-3H3,(H,17,18)/b16-8-. The maximum absolute atomic E-state index is 5.63. The van der Waals surface area contributed by atoms with Gasteiger partial charge in [0.05, 0.1) is 18.5 Å². The molecule has 0 aliphatic carbocycles. The number of nitrogens with zero attached hydrogens (tertiary/aromatic N) is 2. The number of hydrogen-bond acceptors (Lipinski definition) is 5. The molecule has 20 heavy (non-hydrogen) atoms. The lowest BCUT2D eigenvalue weighted by atomic mass is 10.2. The van der Waals surface area contributed by atoms with Gasteiger partial charge in [-0.2, -0.15) is 5.10 Å². The molecule has 0 aliphatic heterocycles. The number of hydrogen-bond donors (Lipinski definition) is 1. The molecule has 0 saturated carbocycles. The fourth-order valence-electron chi connectivity index (χ4n) is 1.48. The Kier molecular flexibility index (Phi) is 5.12. The van der Waals surface area contributed by atoms with Crippen LogP contribution in [-0.2, 0) is 0 Å². The second-order valence-electron chi connectivity index (χ2n) is 4.94. The summed E-state index contributed by atoms with van der Waals surface area (Å²) in [5, 5.41) is 6.95. The number of rotatable bonds is 6. The van der Waals surface area contributed by atoms with Crippen molar-refractivity contribution in [1.82, 2.24) is 4.98 Å². The molecule has 0 saturated heterocycles.